The van der Waals surface area contributed by atoms with E-state index in [-0.39, 0.29) is 11.9 Å². The standard InChI is InChI=1S/C23H28N2O3/c1-18(19-7-4-3-5-8-19)15-23(26)24-17-22(25-11-13-28-14-12-25)20-9-6-10-21(16-20)27-2/h3-10,15-16,22H,11-14,17H2,1-2H3,(H,24,26)/b18-15+. The molecule has 3 rings (SSSR count). The van der Waals surface area contributed by atoms with Crippen LogP contribution in [0.5, 0.6) is 5.75 Å². The lowest BCUT2D eigenvalue weighted by molar-refractivity contribution is -0.116. The van der Waals surface area contributed by atoms with Gasteiger partial charge in [-0.2, -0.15) is 0 Å². The molecule has 1 amide bonds. The number of benzene rings is 2. The Labute approximate surface area is 167 Å². The molecule has 148 valence electrons. The summed E-state index contributed by atoms with van der Waals surface area (Å²) in [7, 11) is 1.67. The van der Waals surface area contributed by atoms with Gasteiger partial charge in [0.05, 0.1) is 26.4 Å². The third kappa shape index (κ3) is 5.44. The topological polar surface area (TPSA) is 50.8 Å². The Hall–Kier alpha value is -2.63. The van der Waals surface area contributed by atoms with Gasteiger partial charge in [-0.05, 0) is 35.8 Å². The molecule has 1 unspecified atom stereocenters. The summed E-state index contributed by atoms with van der Waals surface area (Å²) in [4.78, 5) is 14.9. The van der Waals surface area contributed by atoms with Gasteiger partial charge in [0.25, 0.3) is 0 Å². The molecule has 1 aliphatic heterocycles. The summed E-state index contributed by atoms with van der Waals surface area (Å²) in [6.07, 6.45) is 1.66. The lowest BCUT2D eigenvalue weighted by Crippen LogP contribution is -2.43. The third-order valence-electron chi connectivity index (χ3n) is 5.01. The number of carbonyl (C=O) groups excluding carboxylic acids is 1. The number of carbonyl (C=O) groups is 1. The van der Waals surface area contributed by atoms with Crippen LogP contribution in [0.2, 0.25) is 0 Å². The van der Waals surface area contributed by atoms with Gasteiger partial charge < -0.3 is 14.8 Å². The molecule has 1 aliphatic rings. The van der Waals surface area contributed by atoms with Crippen molar-refractivity contribution in [3.63, 3.8) is 0 Å². The van der Waals surface area contributed by atoms with Crippen LogP contribution < -0.4 is 10.1 Å². The quantitative estimate of drug-likeness (QED) is 0.749. The number of morpholine rings is 1. The number of rotatable bonds is 7. The van der Waals surface area contributed by atoms with Crippen LogP contribution in [0.25, 0.3) is 5.57 Å². The van der Waals surface area contributed by atoms with Gasteiger partial charge >= 0.3 is 0 Å². The van der Waals surface area contributed by atoms with Gasteiger partial charge in [-0.1, -0.05) is 42.5 Å². The minimum Gasteiger partial charge on any atom is -0.497 e. The first-order chi connectivity index (χ1) is 13.7. The first-order valence-corrected chi connectivity index (χ1v) is 9.64. The zero-order valence-electron chi connectivity index (χ0n) is 16.6. The SMILES string of the molecule is COc1cccc(C(CNC(=O)/C=C(\C)c2ccccc2)N2CCOCC2)c1. The number of nitrogens with zero attached hydrogens (tertiary/aromatic N) is 1. The highest BCUT2D eigenvalue weighted by Gasteiger charge is 2.23. The van der Waals surface area contributed by atoms with E-state index in [2.05, 4.69) is 16.3 Å². The number of methoxy groups -OCH3 is 1. The maximum absolute atomic E-state index is 12.5. The fourth-order valence-corrected chi connectivity index (χ4v) is 3.43. The second-order valence-electron chi connectivity index (χ2n) is 6.88. The summed E-state index contributed by atoms with van der Waals surface area (Å²) < 4.78 is 10.9. The molecule has 1 fully saturated rings. The maximum Gasteiger partial charge on any atom is 0.244 e. The van der Waals surface area contributed by atoms with Crippen LogP contribution in [0.1, 0.15) is 24.1 Å². The highest BCUT2D eigenvalue weighted by atomic mass is 16.5. The molecule has 0 aliphatic carbocycles. The first kappa shape index (κ1) is 20.1. The number of nitrogens with one attached hydrogen (secondary N) is 1. The summed E-state index contributed by atoms with van der Waals surface area (Å²) in [6.45, 7) is 5.59. The lowest BCUT2D eigenvalue weighted by Gasteiger charge is -2.35. The predicted molar refractivity (Wildman–Crippen MR) is 111 cm³/mol. The average molecular weight is 380 g/mol. The zero-order valence-corrected chi connectivity index (χ0v) is 16.6. The van der Waals surface area contributed by atoms with E-state index in [0.717, 1.165) is 35.5 Å². The minimum atomic E-state index is -0.0810. The van der Waals surface area contributed by atoms with Crippen molar-refractivity contribution in [2.45, 2.75) is 13.0 Å². The van der Waals surface area contributed by atoms with Gasteiger partial charge in [-0.15, -0.1) is 0 Å². The van der Waals surface area contributed by atoms with E-state index in [1.807, 2.05) is 55.5 Å². The normalized spacial score (nSPS) is 16.4. The molecule has 5 nitrogen and oxygen atoms in total. The molecule has 1 saturated heterocycles. The van der Waals surface area contributed by atoms with Gasteiger partial charge in [-0.25, -0.2) is 0 Å². The van der Waals surface area contributed by atoms with Crippen molar-refractivity contribution in [1.29, 1.82) is 0 Å². The van der Waals surface area contributed by atoms with Gasteiger partial charge in [0.15, 0.2) is 0 Å². The molecule has 28 heavy (non-hydrogen) atoms. The van der Waals surface area contributed by atoms with E-state index >= 15 is 0 Å². The predicted octanol–water partition coefficient (Wildman–Crippen LogP) is 3.29. The maximum atomic E-state index is 12.5. The highest BCUT2D eigenvalue weighted by molar-refractivity contribution is 5.94. The van der Waals surface area contributed by atoms with E-state index < -0.39 is 0 Å². The van der Waals surface area contributed by atoms with Gasteiger partial charge in [-0.3, -0.25) is 9.69 Å². The molecule has 1 N–H and O–H groups in total. The molecule has 0 saturated carbocycles. The smallest absolute Gasteiger partial charge is 0.244 e. The molecule has 0 radical (unpaired) electrons. The Morgan fingerprint density at radius 3 is 2.64 bits per heavy atom. The number of ether oxygens (including phenoxy) is 2. The molecular formula is C23H28N2O3. The van der Waals surface area contributed by atoms with Crippen LogP contribution in [0, 0.1) is 0 Å². The largest absolute Gasteiger partial charge is 0.497 e. The Morgan fingerprint density at radius 2 is 1.93 bits per heavy atom. The van der Waals surface area contributed by atoms with E-state index in [0.29, 0.717) is 19.8 Å². The van der Waals surface area contributed by atoms with Crippen molar-refractivity contribution >= 4 is 11.5 Å². The summed E-state index contributed by atoms with van der Waals surface area (Å²) in [5, 5.41) is 3.08. The fraction of sp³-hybridized carbons (Fsp3) is 0.348. The summed E-state index contributed by atoms with van der Waals surface area (Å²) in [5.41, 5.74) is 3.13. The second-order valence-corrected chi connectivity index (χ2v) is 6.88. The van der Waals surface area contributed by atoms with Crippen LogP contribution in [0.3, 0.4) is 0 Å². The Morgan fingerprint density at radius 1 is 1.18 bits per heavy atom. The minimum absolute atomic E-state index is 0.0772. The van der Waals surface area contributed by atoms with Gasteiger partial charge in [0.2, 0.25) is 5.91 Å². The van der Waals surface area contributed by atoms with Crippen molar-refractivity contribution in [1.82, 2.24) is 10.2 Å². The number of allylic oxidation sites excluding steroid dienone is 1. The lowest BCUT2D eigenvalue weighted by atomic mass is 10.0. The van der Waals surface area contributed by atoms with Crippen molar-refractivity contribution in [3.8, 4) is 5.75 Å². The van der Waals surface area contributed by atoms with Crippen LogP contribution >= 0.6 is 0 Å². The van der Waals surface area contributed by atoms with Crippen molar-refractivity contribution in [2.75, 3.05) is 40.0 Å². The summed E-state index contributed by atoms with van der Waals surface area (Å²) in [6, 6.07) is 18.1. The van der Waals surface area contributed by atoms with Crippen LogP contribution in [-0.2, 0) is 9.53 Å². The van der Waals surface area contributed by atoms with Crippen LogP contribution in [-0.4, -0.2) is 50.8 Å². The highest BCUT2D eigenvalue weighted by Crippen LogP contribution is 2.25. The van der Waals surface area contributed by atoms with Gasteiger partial charge in [0.1, 0.15) is 5.75 Å². The van der Waals surface area contributed by atoms with E-state index in [4.69, 9.17) is 9.47 Å². The van der Waals surface area contributed by atoms with Crippen LogP contribution in [0.4, 0.5) is 0 Å². The van der Waals surface area contributed by atoms with E-state index in [9.17, 15) is 4.79 Å². The molecule has 0 aromatic heterocycles. The second kappa shape index (κ2) is 10.1. The number of amides is 1. The fourth-order valence-electron chi connectivity index (χ4n) is 3.43. The third-order valence-corrected chi connectivity index (χ3v) is 5.01. The van der Waals surface area contributed by atoms with E-state index in [1.54, 1.807) is 13.2 Å². The Balaban J connectivity index is 1.71. The zero-order chi connectivity index (χ0) is 19.8. The molecule has 1 atom stereocenters. The molecular weight excluding hydrogens is 352 g/mol. The average Bonchev–Trinajstić information content (AvgIpc) is 2.75. The van der Waals surface area contributed by atoms with Gasteiger partial charge in [0, 0.05) is 25.7 Å². The molecule has 2 aromatic rings. The molecule has 0 spiro atoms. The Bertz CT molecular complexity index is 799. The molecule has 1 heterocycles. The Kier molecular flexibility index (Phi) is 7.23. The summed E-state index contributed by atoms with van der Waals surface area (Å²) >= 11 is 0. The number of hydrogen-bond acceptors (Lipinski definition) is 4. The van der Waals surface area contributed by atoms with Crippen molar-refractivity contribution in [3.05, 3.63) is 71.8 Å². The van der Waals surface area contributed by atoms with Crippen molar-refractivity contribution in [2.24, 2.45) is 0 Å². The first-order valence-electron chi connectivity index (χ1n) is 9.64. The summed E-state index contributed by atoms with van der Waals surface area (Å²) in [5.74, 6) is 0.740. The van der Waals surface area contributed by atoms with Crippen LogP contribution in [0.15, 0.2) is 60.7 Å². The monoisotopic (exact) mass is 380 g/mol. The molecule has 0 bridgehead atoms. The molecule has 2 aromatic carbocycles. The van der Waals surface area contributed by atoms with Crippen molar-refractivity contribution < 1.29 is 14.3 Å². The molecule has 5 heteroatoms. The number of hydrogen-bond donors (Lipinski definition) is 1. The van der Waals surface area contributed by atoms with E-state index in [1.165, 1.54) is 0 Å².